The van der Waals surface area contributed by atoms with Gasteiger partial charge in [-0.05, 0) is 19.1 Å². The molecule has 1 atom stereocenters. The summed E-state index contributed by atoms with van der Waals surface area (Å²) in [6.45, 7) is 1.70. The van der Waals surface area contributed by atoms with Crippen molar-refractivity contribution < 1.29 is 28.7 Å². The predicted molar refractivity (Wildman–Crippen MR) is 108 cm³/mol. The van der Waals surface area contributed by atoms with Gasteiger partial charge in [0.2, 0.25) is 6.10 Å². The topological polar surface area (TPSA) is 123 Å². The van der Waals surface area contributed by atoms with E-state index < -0.39 is 36.5 Å². The molecule has 0 fully saturated rings. The van der Waals surface area contributed by atoms with Gasteiger partial charge in [-0.25, -0.2) is 4.79 Å². The maximum atomic E-state index is 12.4. The van der Waals surface area contributed by atoms with Gasteiger partial charge in [-0.3, -0.25) is 19.7 Å². The van der Waals surface area contributed by atoms with Gasteiger partial charge in [-0.1, -0.05) is 42.5 Å². The van der Waals surface area contributed by atoms with E-state index in [0.29, 0.717) is 17.9 Å². The summed E-state index contributed by atoms with van der Waals surface area (Å²) in [4.78, 5) is 48.5. The second-order valence-electron chi connectivity index (χ2n) is 5.96. The lowest BCUT2D eigenvalue weighted by atomic mass is 10.1. The second kappa shape index (κ2) is 11.2. The van der Waals surface area contributed by atoms with E-state index in [4.69, 9.17) is 9.47 Å². The number of nitrogens with one attached hydrogen (secondary N) is 3. The van der Waals surface area contributed by atoms with Gasteiger partial charge < -0.3 is 20.1 Å². The van der Waals surface area contributed by atoms with Crippen molar-refractivity contribution in [3.8, 4) is 5.75 Å². The molecule has 0 aliphatic rings. The van der Waals surface area contributed by atoms with Crippen LogP contribution in [0.5, 0.6) is 5.75 Å². The molecule has 0 saturated carbocycles. The van der Waals surface area contributed by atoms with Crippen LogP contribution in [0.4, 0.5) is 4.79 Å². The van der Waals surface area contributed by atoms with E-state index in [0.717, 1.165) is 0 Å². The molecule has 158 valence electrons. The largest absolute Gasteiger partial charge is 0.493 e. The fourth-order valence-electron chi connectivity index (χ4n) is 2.50. The molecule has 2 rings (SSSR count). The smallest absolute Gasteiger partial charge is 0.326 e. The number of imide groups is 1. The van der Waals surface area contributed by atoms with Crippen LogP contribution in [-0.4, -0.2) is 44.0 Å². The van der Waals surface area contributed by atoms with Crippen molar-refractivity contribution in [1.82, 2.24) is 16.0 Å². The highest BCUT2D eigenvalue weighted by atomic mass is 16.5. The summed E-state index contributed by atoms with van der Waals surface area (Å²) in [6.07, 6.45) is -1.36. The highest BCUT2D eigenvalue weighted by Gasteiger charge is 2.26. The molecule has 0 aliphatic heterocycles. The standard InChI is InChI=1S/C21H23N3O6/c1-3-29-16-12-8-7-11-15(16)19(26)23-13-17(25)30-18(14-9-5-4-6-10-14)20(27)24-21(28)22-2/h4-12,18H,3,13H2,1-2H3,(H,23,26)(H2,22,24,27,28)/t18-/m1/s1. The number of hydrogen-bond acceptors (Lipinski definition) is 6. The van der Waals surface area contributed by atoms with E-state index in [-0.39, 0.29) is 5.56 Å². The molecule has 4 amide bonds. The Morgan fingerprint density at radius 2 is 1.63 bits per heavy atom. The van der Waals surface area contributed by atoms with Gasteiger partial charge in [0, 0.05) is 12.6 Å². The molecule has 0 heterocycles. The van der Waals surface area contributed by atoms with Crippen LogP contribution in [0.25, 0.3) is 0 Å². The molecule has 0 unspecified atom stereocenters. The number of esters is 1. The van der Waals surface area contributed by atoms with Crippen LogP contribution in [0.15, 0.2) is 54.6 Å². The second-order valence-corrected chi connectivity index (χ2v) is 5.96. The van der Waals surface area contributed by atoms with Crippen molar-refractivity contribution >= 4 is 23.8 Å². The number of amides is 4. The predicted octanol–water partition coefficient (Wildman–Crippen LogP) is 1.56. The first-order chi connectivity index (χ1) is 14.5. The first-order valence-corrected chi connectivity index (χ1v) is 9.23. The molecule has 0 radical (unpaired) electrons. The number of urea groups is 1. The van der Waals surface area contributed by atoms with Crippen LogP contribution < -0.4 is 20.7 Å². The minimum atomic E-state index is -1.36. The average Bonchev–Trinajstić information content (AvgIpc) is 2.76. The van der Waals surface area contributed by atoms with Gasteiger partial charge in [-0.2, -0.15) is 0 Å². The Labute approximate surface area is 173 Å². The molecular weight excluding hydrogens is 390 g/mol. The molecule has 0 saturated heterocycles. The Morgan fingerprint density at radius 3 is 2.30 bits per heavy atom. The summed E-state index contributed by atoms with van der Waals surface area (Å²) >= 11 is 0. The SMILES string of the molecule is CCOc1ccccc1C(=O)NCC(=O)O[C@@H](C(=O)NC(=O)NC)c1ccccc1. The van der Waals surface area contributed by atoms with Gasteiger partial charge in [0.25, 0.3) is 11.8 Å². The van der Waals surface area contributed by atoms with Crippen molar-refractivity contribution in [1.29, 1.82) is 0 Å². The van der Waals surface area contributed by atoms with Gasteiger partial charge in [0.1, 0.15) is 12.3 Å². The normalized spacial score (nSPS) is 11.0. The lowest BCUT2D eigenvalue weighted by Gasteiger charge is -2.18. The first kappa shape index (κ1) is 22.4. The molecular formula is C21H23N3O6. The molecule has 30 heavy (non-hydrogen) atoms. The van der Waals surface area contributed by atoms with E-state index in [1.807, 2.05) is 0 Å². The zero-order chi connectivity index (χ0) is 21.9. The zero-order valence-electron chi connectivity index (χ0n) is 16.6. The average molecular weight is 413 g/mol. The molecule has 2 aromatic carbocycles. The number of carbonyl (C=O) groups excluding carboxylic acids is 4. The van der Waals surface area contributed by atoms with Gasteiger partial charge >= 0.3 is 12.0 Å². The number of ether oxygens (including phenoxy) is 2. The third kappa shape index (κ3) is 6.33. The minimum Gasteiger partial charge on any atom is -0.493 e. The molecule has 9 heteroatoms. The number of carbonyl (C=O) groups is 4. The van der Waals surface area contributed by atoms with Crippen LogP contribution in [-0.2, 0) is 14.3 Å². The van der Waals surface area contributed by atoms with E-state index in [1.165, 1.54) is 7.05 Å². The van der Waals surface area contributed by atoms with Crippen molar-refractivity contribution in [2.45, 2.75) is 13.0 Å². The molecule has 0 aliphatic carbocycles. The number of hydrogen-bond donors (Lipinski definition) is 3. The zero-order valence-corrected chi connectivity index (χ0v) is 16.6. The van der Waals surface area contributed by atoms with E-state index in [2.05, 4.69) is 16.0 Å². The van der Waals surface area contributed by atoms with Gasteiger partial charge in [0.15, 0.2) is 0 Å². The first-order valence-electron chi connectivity index (χ1n) is 9.23. The number of rotatable bonds is 8. The third-order valence-corrected chi connectivity index (χ3v) is 3.88. The molecule has 2 aromatic rings. The monoisotopic (exact) mass is 413 g/mol. The van der Waals surface area contributed by atoms with Gasteiger partial charge in [-0.15, -0.1) is 0 Å². The van der Waals surface area contributed by atoms with Crippen molar-refractivity contribution in [2.75, 3.05) is 20.2 Å². The van der Waals surface area contributed by atoms with Crippen molar-refractivity contribution in [3.05, 3.63) is 65.7 Å². The maximum absolute atomic E-state index is 12.4. The maximum Gasteiger partial charge on any atom is 0.326 e. The Bertz CT molecular complexity index is 901. The fraction of sp³-hybridized carbons (Fsp3) is 0.238. The van der Waals surface area contributed by atoms with Crippen LogP contribution in [0.1, 0.15) is 28.9 Å². The van der Waals surface area contributed by atoms with Gasteiger partial charge in [0.05, 0.1) is 12.2 Å². The minimum absolute atomic E-state index is 0.268. The molecule has 9 nitrogen and oxygen atoms in total. The van der Waals surface area contributed by atoms with Crippen molar-refractivity contribution in [3.63, 3.8) is 0 Å². The Hall–Kier alpha value is -3.88. The summed E-state index contributed by atoms with van der Waals surface area (Å²) in [6, 6.07) is 14.1. The summed E-state index contributed by atoms with van der Waals surface area (Å²) in [5.41, 5.74) is 0.643. The quantitative estimate of drug-likeness (QED) is 0.565. The van der Waals surface area contributed by atoms with Crippen molar-refractivity contribution in [2.24, 2.45) is 0 Å². The van der Waals surface area contributed by atoms with Crippen LogP contribution in [0.3, 0.4) is 0 Å². The Balaban J connectivity index is 2.04. The molecule has 0 bridgehead atoms. The van der Waals surface area contributed by atoms with E-state index in [9.17, 15) is 19.2 Å². The highest BCUT2D eigenvalue weighted by Crippen LogP contribution is 2.19. The highest BCUT2D eigenvalue weighted by molar-refractivity contribution is 5.99. The van der Waals surface area contributed by atoms with Crippen LogP contribution >= 0.6 is 0 Å². The third-order valence-electron chi connectivity index (χ3n) is 3.88. The van der Waals surface area contributed by atoms with Crippen LogP contribution in [0.2, 0.25) is 0 Å². The summed E-state index contributed by atoms with van der Waals surface area (Å²) in [7, 11) is 1.35. The van der Waals surface area contributed by atoms with E-state index in [1.54, 1.807) is 61.5 Å². The summed E-state index contributed by atoms with van der Waals surface area (Å²) in [5.74, 6) is -1.81. The lowest BCUT2D eigenvalue weighted by molar-refractivity contribution is -0.155. The summed E-state index contributed by atoms with van der Waals surface area (Å²) < 4.78 is 10.6. The summed E-state index contributed by atoms with van der Waals surface area (Å²) in [5, 5.41) is 6.77. The lowest BCUT2D eigenvalue weighted by Crippen LogP contribution is -2.42. The Kier molecular flexibility index (Phi) is 8.37. The molecule has 0 spiro atoms. The fourth-order valence-corrected chi connectivity index (χ4v) is 2.50. The molecule has 3 N–H and O–H groups in total. The Morgan fingerprint density at radius 1 is 0.967 bits per heavy atom. The van der Waals surface area contributed by atoms with Crippen LogP contribution in [0, 0.1) is 0 Å². The van der Waals surface area contributed by atoms with E-state index >= 15 is 0 Å². The number of benzene rings is 2. The molecule has 0 aromatic heterocycles. The number of para-hydroxylation sites is 1.